The Morgan fingerprint density at radius 3 is 2.48 bits per heavy atom. The van der Waals surface area contributed by atoms with E-state index in [1.165, 1.54) is 0 Å². The minimum atomic E-state index is -3.41. The minimum Gasteiger partial charge on any atom is -0.350 e. The van der Waals surface area contributed by atoms with Gasteiger partial charge >= 0.3 is 0 Å². The highest BCUT2D eigenvalue weighted by Crippen LogP contribution is 2.47. The van der Waals surface area contributed by atoms with E-state index in [1.807, 2.05) is 11.9 Å². The second-order valence-electron chi connectivity index (χ2n) is 14.2. The number of rotatable bonds is 5. The van der Waals surface area contributed by atoms with Crippen LogP contribution in [-0.4, -0.2) is 136 Å². The van der Waals surface area contributed by atoms with Crippen LogP contribution < -0.4 is 27.0 Å². The lowest BCUT2D eigenvalue weighted by atomic mass is 9.65. The molecule has 250 valence electrons. The average molecular weight is 643 g/mol. The van der Waals surface area contributed by atoms with Crippen LogP contribution in [0.25, 0.3) is 0 Å². The smallest absolute Gasteiger partial charge is 0.227 e. The number of alkyl halides is 1. The second kappa shape index (κ2) is 13.5. The molecule has 7 atom stereocenters. The number of halogens is 2. The monoisotopic (exact) mass is 642 g/mol. The molecule has 6 aliphatic rings. The zero-order valence-corrected chi connectivity index (χ0v) is 26.8. The maximum absolute atomic E-state index is 15.6. The molecular weight excluding hydrogens is 590 g/mol. The third kappa shape index (κ3) is 6.60. The van der Waals surface area contributed by atoms with E-state index in [-0.39, 0.29) is 47.6 Å². The predicted octanol–water partition coefficient (Wildman–Crippen LogP) is -0.139. The fraction of sp³-hybridized carbons (Fsp3) is 0.900. The molecule has 1 saturated carbocycles. The summed E-state index contributed by atoms with van der Waals surface area (Å²) in [6, 6.07) is -1.65. The number of piperazine rings is 1. The van der Waals surface area contributed by atoms with Gasteiger partial charge < -0.3 is 26.6 Å². The average Bonchev–Trinajstić information content (AvgIpc) is 3.05. The summed E-state index contributed by atoms with van der Waals surface area (Å²) in [4.78, 5) is 18.2. The quantitative estimate of drug-likeness (QED) is 0.278. The van der Waals surface area contributed by atoms with Gasteiger partial charge in [0.05, 0.1) is 29.4 Å². The van der Waals surface area contributed by atoms with Crippen molar-refractivity contribution in [3.8, 4) is 0 Å². The van der Waals surface area contributed by atoms with E-state index in [0.717, 1.165) is 51.6 Å². The Labute approximate surface area is 261 Å². The van der Waals surface area contributed by atoms with E-state index >= 15 is 4.39 Å². The third-order valence-electron chi connectivity index (χ3n) is 11.5. The Hall–Kier alpha value is -1.26. The van der Waals surface area contributed by atoms with Gasteiger partial charge in [-0.05, 0) is 63.7 Å². The SMILES string of the molecule is CN1CCC(S(=O)(=O)N2CCN(C3C(F)CNCC3NC(=O)C3C(N)NC4C=C(F)CNC3CC43CCCCC3)CC2)CC1. The Bertz CT molecular complexity index is 1150. The zero-order chi connectivity index (χ0) is 31.1. The highest BCUT2D eigenvalue weighted by atomic mass is 32.2. The van der Waals surface area contributed by atoms with Gasteiger partial charge in [0, 0.05) is 57.9 Å². The molecule has 7 unspecified atom stereocenters. The van der Waals surface area contributed by atoms with Gasteiger partial charge in [-0.2, -0.15) is 4.31 Å². The number of hydrogen-bond donors (Lipinski definition) is 5. The second-order valence-corrected chi connectivity index (χ2v) is 16.4. The Balaban J connectivity index is 1.14. The summed E-state index contributed by atoms with van der Waals surface area (Å²) in [6.45, 7) is 3.63. The van der Waals surface area contributed by atoms with Crippen molar-refractivity contribution in [2.24, 2.45) is 17.1 Å². The van der Waals surface area contributed by atoms with Crippen molar-refractivity contribution in [3.05, 3.63) is 11.9 Å². The van der Waals surface area contributed by atoms with Crippen molar-refractivity contribution in [1.82, 2.24) is 35.4 Å². The number of hydrogen-bond acceptors (Lipinski definition) is 9. The van der Waals surface area contributed by atoms with Gasteiger partial charge in [0.25, 0.3) is 0 Å². The summed E-state index contributed by atoms with van der Waals surface area (Å²) in [7, 11) is -1.40. The molecule has 0 aromatic carbocycles. The molecule has 11 nitrogen and oxygen atoms in total. The van der Waals surface area contributed by atoms with Gasteiger partial charge in [0.1, 0.15) is 12.0 Å². The minimum absolute atomic E-state index is 0.0559. The van der Waals surface area contributed by atoms with Crippen LogP contribution in [0.4, 0.5) is 8.78 Å². The summed E-state index contributed by atoms with van der Waals surface area (Å²) in [5.41, 5.74) is 6.52. The molecule has 2 bridgehead atoms. The molecule has 6 N–H and O–H groups in total. The predicted molar refractivity (Wildman–Crippen MR) is 166 cm³/mol. The molecule has 1 aliphatic carbocycles. The maximum Gasteiger partial charge on any atom is 0.227 e. The molecule has 5 aliphatic heterocycles. The first-order chi connectivity index (χ1) is 21.1. The van der Waals surface area contributed by atoms with E-state index in [4.69, 9.17) is 5.73 Å². The number of nitrogens with zero attached hydrogens (tertiary/aromatic N) is 3. The van der Waals surface area contributed by atoms with Crippen LogP contribution in [0.5, 0.6) is 0 Å². The maximum atomic E-state index is 15.6. The molecule has 0 radical (unpaired) electrons. The van der Waals surface area contributed by atoms with Gasteiger partial charge in [-0.15, -0.1) is 0 Å². The first-order valence-corrected chi connectivity index (χ1v) is 18.3. The number of amides is 1. The fourth-order valence-electron chi connectivity index (χ4n) is 8.96. The number of nitrogens with one attached hydrogen (secondary N) is 4. The van der Waals surface area contributed by atoms with E-state index in [1.54, 1.807) is 10.4 Å². The van der Waals surface area contributed by atoms with Crippen molar-refractivity contribution in [2.75, 3.05) is 66.0 Å². The summed E-state index contributed by atoms with van der Waals surface area (Å²) < 4.78 is 58.8. The Kier molecular flexibility index (Phi) is 10.00. The van der Waals surface area contributed by atoms with Crippen molar-refractivity contribution in [3.63, 3.8) is 0 Å². The number of nitrogens with two attached hydrogens (primary N) is 1. The molecule has 0 aromatic rings. The van der Waals surface area contributed by atoms with Gasteiger partial charge in [-0.3, -0.25) is 15.0 Å². The van der Waals surface area contributed by atoms with Crippen molar-refractivity contribution < 1.29 is 22.0 Å². The van der Waals surface area contributed by atoms with E-state index in [9.17, 15) is 17.6 Å². The number of fused-ring (bicyclic) bond motifs is 1. The molecule has 4 saturated heterocycles. The van der Waals surface area contributed by atoms with Crippen molar-refractivity contribution in [1.29, 1.82) is 0 Å². The van der Waals surface area contributed by atoms with Gasteiger partial charge in [0.15, 0.2) is 0 Å². The summed E-state index contributed by atoms with van der Waals surface area (Å²) in [5, 5.41) is 12.7. The molecule has 1 spiro atoms. The molecule has 14 heteroatoms. The summed E-state index contributed by atoms with van der Waals surface area (Å²) in [6.07, 6.45) is 6.98. The summed E-state index contributed by atoms with van der Waals surface area (Å²) >= 11 is 0. The standard InChI is InChI=1S/C30H52F2N8O3S/c1-38-9-5-21(6-10-38)44(42,43)40-13-11-39(12-14-40)27-22(32)18-34-19-24(27)36-29(41)26-23-16-30(7-3-2-4-8-30)25(37-28(26)33)15-20(31)17-35-23/h15,21-28,34-35,37H,2-14,16-19,33H2,1H3,(H,36,41). The highest BCUT2D eigenvalue weighted by molar-refractivity contribution is 7.89. The van der Waals surface area contributed by atoms with Crippen LogP contribution in [0.2, 0.25) is 0 Å². The summed E-state index contributed by atoms with van der Waals surface area (Å²) in [5.74, 6) is -1.15. The topological polar surface area (TPSA) is 135 Å². The zero-order valence-electron chi connectivity index (χ0n) is 26.0. The lowest BCUT2D eigenvalue weighted by Gasteiger charge is -2.46. The first-order valence-electron chi connectivity index (χ1n) is 16.8. The highest BCUT2D eigenvalue weighted by Gasteiger charge is 2.51. The van der Waals surface area contributed by atoms with Crippen LogP contribution >= 0.6 is 0 Å². The number of carbonyl (C=O) groups is 1. The molecule has 6 rings (SSSR count). The van der Waals surface area contributed by atoms with Gasteiger partial charge in [-0.25, -0.2) is 17.2 Å². The number of sulfonamides is 1. The Morgan fingerprint density at radius 1 is 1.07 bits per heavy atom. The van der Waals surface area contributed by atoms with Crippen LogP contribution in [0, 0.1) is 11.3 Å². The van der Waals surface area contributed by atoms with Crippen LogP contribution in [0.15, 0.2) is 11.9 Å². The molecule has 5 fully saturated rings. The molecule has 44 heavy (non-hydrogen) atoms. The normalized spacial score (nSPS) is 38.5. The van der Waals surface area contributed by atoms with Crippen molar-refractivity contribution in [2.45, 2.75) is 93.1 Å². The molecular formula is C30H52F2N8O3S. The lowest BCUT2D eigenvalue weighted by molar-refractivity contribution is -0.128. The molecule has 5 heterocycles. The van der Waals surface area contributed by atoms with Crippen molar-refractivity contribution >= 4 is 15.9 Å². The van der Waals surface area contributed by atoms with Gasteiger partial charge in [-0.1, -0.05) is 19.3 Å². The fourth-order valence-corrected chi connectivity index (χ4v) is 10.9. The van der Waals surface area contributed by atoms with E-state index in [2.05, 4.69) is 26.2 Å². The first kappa shape index (κ1) is 32.7. The number of likely N-dealkylation sites (tertiary alicyclic amines) is 1. The lowest BCUT2D eigenvalue weighted by Crippen LogP contribution is -2.69. The van der Waals surface area contributed by atoms with Crippen LogP contribution in [0.1, 0.15) is 51.4 Å². The van der Waals surface area contributed by atoms with E-state index in [0.29, 0.717) is 45.6 Å². The van der Waals surface area contributed by atoms with Crippen LogP contribution in [-0.2, 0) is 14.8 Å². The third-order valence-corrected chi connectivity index (χ3v) is 13.9. The largest absolute Gasteiger partial charge is 0.350 e. The number of piperidine rings is 2. The van der Waals surface area contributed by atoms with Crippen LogP contribution in [0.3, 0.4) is 0 Å². The number of carbonyl (C=O) groups excluding carboxylic acids is 1. The Morgan fingerprint density at radius 2 is 1.77 bits per heavy atom. The van der Waals surface area contributed by atoms with Gasteiger partial charge in [0.2, 0.25) is 15.9 Å². The van der Waals surface area contributed by atoms with E-state index < -0.39 is 40.4 Å². The molecule has 0 aromatic heterocycles. The molecule has 1 amide bonds.